The Morgan fingerprint density at radius 1 is 1.03 bits per heavy atom. The predicted molar refractivity (Wildman–Crippen MR) is 120 cm³/mol. The van der Waals surface area contributed by atoms with E-state index >= 15 is 0 Å². The molecule has 0 unspecified atom stereocenters. The van der Waals surface area contributed by atoms with Gasteiger partial charge in [-0.15, -0.1) is 0 Å². The summed E-state index contributed by atoms with van der Waals surface area (Å²) >= 11 is 0. The average molecular weight is 479 g/mol. The van der Waals surface area contributed by atoms with Crippen molar-refractivity contribution in [2.45, 2.75) is 38.1 Å². The number of halogens is 1. The molecule has 0 saturated heterocycles. The number of hydrogen-bond acceptors (Lipinski definition) is 6. The highest BCUT2D eigenvalue weighted by atomic mass is 31.2. The quantitative estimate of drug-likeness (QED) is 0.440. The highest BCUT2D eigenvalue weighted by Crippen LogP contribution is 2.55. The molecule has 10 heteroatoms. The van der Waals surface area contributed by atoms with Crippen molar-refractivity contribution in [2.75, 3.05) is 19.8 Å². The molecule has 0 aliphatic heterocycles. The topological polar surface area (TPSA) is 111 Å². The highest BCUT2D eigenvalue weighted by molar-refractivity contribution is 7.54. The minimum Gasteiger partial charge on any atom is -0.480 e. The van der Waals surface area contributed by atoms with Crippen molar-refractivity contribution < 1.29 is 37.4 Å². The molecule has 0 fully saturated rings. The summed E-state index contributed by atoms with van der Waals surface area (Å²) in [6.07, 6.45) is -1.81. The zero-order chi connectivity index (χ0) is 24.0. The van der Waals surface area contributed by atoms with E-state index in [2.05, 4.69) is 5.32 Å². The third-order valence-electron chi connectivity index (χ3n) is 5.33. The van der Waals surface area contributed by atoms with Crippen LogP contribution >= 0.6 is 7.60 Å². The molecule has 2 N–H and O–H groups in total. The van der Waals surface area contributed by atoms with E-state index in [4.69, 9.17) is 13.8 Å². The van der Waals surface area contributed by atoms with Gasteiger partial charge in [-0.3, -0.25) is 4.57 Å². The Morgan fingerprint density at radius 3 is 2.03 bits per heavy atom. The van der Waals surface area contributed by atoms with Crippen LogP contribution in [0.15, 0.2) is 48.5 Å². The lowest BCUT2D eigenvalue weighted by Crippen LogP contribution is -2.43. The van der Waals surface area contributed by atoms with Crippen molar-refractivity contribution in [3.8, 4) is 11.1 Å². The van der Waals surface area contributed by atoms with Crippen LogP contribution in [0.3, 0.4) is 0 Å². The predicted octanol–water partition coefficient (Wildman–Crippen LogP) is 4.93. The largest absolute Gasteiger partial charge is 0.480 e. The molecule has 3 rings (SSSR count). The van der Waals surface area contributed by atoms with E-state index in [1.165, 1.54) is 13.8 Å². The van der Waals surface area contributed by atoms with Crippen LogP contribution in [0.5, 0.6) is 0 Å². The first kappa shape index (κ1) is 24.9. The lowest BCUT2D eigenvalue weighted by atomic mass is 9.98. The van der Waals surface area contributed by atoms with E-state index in [-0.39, 0.29) is 25.7 Å². The van der Waals surface area contributed by atoms with E-state index in [1.54, 1.807) is 0 Å². The smallest absolute Gasteiger partial charge is 0.407 e. The Hall–Kier alpha value is -2.74. The Labute approximate surface area is 191 Å². The fourth-order valence-corrected chi connectivity index (χ4v) is 5.47. The molecule has 1 amide bonds. The van der Waals surface area contributed by atoms with Crippen LogP contribution in [0.4, 0.5) is 9.18 Å². The van der Waals surface area contributed by atoms with Crippen molar-refractivity contribution in [3.63, 3.8) is 0 Å². The van der Waals surface area contributed by atoms with Gasteiger partial charge in [0, 0.05) is 12.3 Å². The number of carbonyl (C=O) groups is 2. The van der Waals surface area contributed by atoms with Crippen molar-refractivity contribution in [3.05, 3.63) is 59.7 Å². The first-order valence-corrected chi connectivity index (χ1v) is 12.3. The summed E-state index contributed by atoms with van der Waals surface area (Å²) in [5.41, 5.74) is 4.10. The summed E-state index contributed by atoms with van der Waals surface area (Å²) in [5.74, 6) is -3.94. The molecule has 33 heavy (non-hydrogen) atoms. The van der Waals surface area contributed by atoms with Crippen molar-refractivity contribution in [1.82, 2.24) is 5.32 Å². The average Bonchev–Trinajstić information content (AvgIpc) is 3.11. The van der Waals surface area contributed by atoms with E-state index in [9.17, 15) is 23.7 Å². The molecule has 0 spiro atoms. The number of aliphatic carboxylic acids is 1. The van der Waals surface area contributed by atoms with Crippen LogP contribution in [-0.4, -0.2) is 48.9 Å². The number of amides is 1. The minimum atomic E-state index is -4.18. The van der Waals surface area contributed by atoms with Gasteiger partial charge in [0.2, 0.25) is 5.91 Å². The fraction of sp³-hybridized carbons (Fsp3) is 0.391. The standard InChI is InChI=1S/C23H27FNO7P/c1-3-31-33(29,32-4-2)21(24)13-20(22(26)27)25-23(28)30-14-19-17-11-7-5-9-15(17)16-10-6-8-12-18(16)19/h5-12,19-21H,3-4,13-14H2,1-2H3,(H,25,28)(H,26,27)/t20-,21+/m0/s1. The highest BCUT2D eigenvalue weighted by Gasteiger charge is 2.40. The van der Waals surface area contributed by atoms with Crippen LogP contribution in [0, 0.1) is 0 Å². The summed E-state index contributed by atoms with van der Waals surface area (Å²) in [7, 11) is -4.18. The van der Waals surface area contributed by atoms with E-state index in [0.29, 0.717) is 0 Å². The normalized spacial score (nSPS) is 14.8. The SMILES string of the molecule is CCOP(=O)(OCC)[C@@H](F)C[C@H](NC(=O)OCC1c2ccccc2-c2ccccc21)C(=O)O. The van der Waals surface area contributed by atoms with Crippen molar-refractivity contribution >= 4 is 19.7 Å². The van der Waals surface area contributed by atoms with Crippen LogP contribution in [-0.2, 0) is 23.1 Å². The summed E-state index contributed by atoms with van der Waals surface area (Å²) in [6.45, 7) is 2.86. The van der Waals surface area contributed by atoms with Gasteiger partial charge >= 0.3 is 19.7 Å². The number of benzene rings is 2. The number of carbonyl (C=O) groups excluding carboxylic acids is 1. The Morgan fingerprint density at radius 2 is 1.55 bits per heavy atom. The molecular weight excluding hydrogens is 452 g/mol. The Bertz CT molecular complexity index is 991. The lowest BCUT2D eigenvalue weighted by molar-refractivity contribution is -0.139. The number of alkyl halides is 1. The first-order chi connectivity index (χ1) is 15.8. The maximum Gasteiger partial charge on any atom is 0.407 e. The van der Waals surface area contributed by atoms with Gasteiger partial charge in [-0.25, -0.2) is 14.0 Å². The van der Waals surface area contributed by atoms with E-state index in [0.717, 1.165) is 22.3 Å². The van der Waals surface area contributed by atoms with Crippen LogP contribution in [0.25, 0.3) is 11.1 Å². The van der Waals surface area contributed by atoms with Gasteiger partial charge in [-0.1, -0.05) is 48.5 Å². The fourth-order valence-electron chi connectivity index (χ4n) is 3.89. The summed E-state index contributed by atoms with van der Waals surface area (Å²) in [6, 6.07) is 13.9. The number of ether oxygens (including phenoxy) is 1. The van der Waals surface area contributed by atoms with Crippen LogP contribution in [0.1, 0.15) is 37.3 Å². The summed E-state index contributed by atoms with van der Waals surface area (Å²) < 4.78 is 42.4. The molecule has 0 saturated carbocycles. The monoisotopic (exact) mass is 479 g/mol. The molecule has 0 aromatic heterocycles. The molecule has 0 heterocycles. The molecule has 0 bridgehead atoms. The van der Waals surface area contributed by atoms with Crippen molar-refractivity contribution in [1.29, 1.82) is 0 Å². The summed E-state index contributed by atoms with van der Waals surface area (Å²) in [4.78, 5) is 24.0. The number of carboxylic acid groups (broad SMARTS) is 1. The minimum absolute atomic E-state index is 0.0262. The van der Waals surface area contributed by atoms with E-state index in [1.807, 2.05) is 48.5 Å². The number of hydrogen-bond donors (Lipinski definition) is 2. The Kier molecular flexibility index (Phi) is 8.24. The maximum absolute atomic E-state index is 14.7. The lowest BCUT2D eigenvalue weighted by Gasteiger charge is -2.23. The number of nitrogens with one attached hydrogen (secondary N) is 1. The second-order valence-electron chi connectivity index (χ2n) is 7.41. The number of alkyl carbamates (subject to hydrolysis) is 1. The number of carboxylic acids is 1. The van der Waals surface area contributed by atoms with E-state index < -0.39 is 38.0 Å². The zero-order valence-corrected chi connectivity index (χ0v) is 19.3. The number of fused-ring (bicyclic) bond motifs is 3. The molecule has 2 atom stereocenters. The maximum atomic E-state index is 14.7. The van der Waals surface area contributed by atoms with Crippen molar-refractivity contribution in [2.24, 2.45) is 0 Å². The van der Waals surface area contributed by atoms with Gasteiger partial charge < -0.3 is 24.2 Å². The third kappa shape index (κ3) is 5.61. The van der Waals surface area contributed by atoms with Gasteiger partial charge in [0.25, 0.3) is 0 Å². The second kappa shape index (κ2) is 10.9. The first-order valence-electron chi connectivity index (χ1n) is 10.7. The van der Waals surface area contributed by atoms with Gasteiger partial charge in [0.05, 0.1) is 13.2 Å². The molecule has 2 aromatic carbocycles. The number of rotatable bonds is 11. The molecule has 1 aliphatic carbocycles. The van der Waals surface area contributed by atoms with Crippen LogP contribution < -0.4 is 5.32 Å². The van der Waals surface area contributed by atoms with Gasteiger partial charge in [0.15, 0.2) is 0 Å². The Balaban J connectivity index is 1.65. The molecule has 2 aromatic rings. The third-order valence-corrected chi connectivity index (χ3v) is 7.46. The van der Waals surface area contributed by atoms with Crippen LogP contribution in [0.2, 0.25) is 0 Å². The molecular formula is C23H27FNO7P. The zero-order valence-electron chi connectivity index (χ0n) is 18.4. The second-order valence-corrected chi connectivity index (χ2v) is 9.56. The molecule has 8 nitrogen and oxygen atoms in total. The van der Waals surface area contributed by atoms with Gasteiger partial charge in [0.1, 0.15) is 12.6 Å². The molecule has 178 valence electrons. The van der Waals surface area contributed by atoms with Gasteiger partial charge in [-0.05, 0) is 36.1 Å². The van der Waals surface area contributed by atoms with Gasteiger partial charge in [-0.2, -0.15) is 0 Å². The molecule has 0 radical (unpaired) electrons. The molecule has 1 aliphatic rings. The summed E-state index contributed by atoms with van der Waals surface area (Å²) in [5, 5.41) is 11.6.